The summed E-state index contributed by atoms with van der Waals surface area (Å²) >= 11 is 0. The maximum Gasteiger partial charge on any atom is -0.0169 e. The lowest BCUT2D eigenvalue weighted by molar-refractivity contribution is 0.962. The molecule has 76 valence electrons. The lowest BCUT2D eigenvalue weighted by Gasteiger charge is -1.92. The van der Waals surface area contributed by atoms with Crippen LogP contribution in [0.5, 0.6) is 0 Å². The van der Waals surface area contributed by atoms with Gasteiger partial charge in [-0.25, -0.2) is 0 Å². The van der Waals surface area contributed by atoms with Gasteiger partial charge >= 0.3 is 0 Å². The fourth-order valence-electron chi connectivity index (χ4n) is 1.40. The molecule has 2 aliphatic rings. The highest BCUT2D eigenvalue weighted by molar-refractivity contribution is 5.02. The van der Waals surface area contributed by atoms with Gasteiger partial charge in [0.25, 0.3) is 0 Å². The van der Waals surface area contributed by atoms with E-state index in [9.17, 15) is 0 Å². The lowest BCUT2D eigenvalue weighted by Crippen LogP contribution is -1.71. The van der Waals surface area contributed by atoms with Gasteiger partial charge in [-0.15, -0.1) is 0 Å². The molecule has 0 unspecified atom stereocenters. The highest BCUT2D eigenvalue weighted by atomic mass is 13.9. The Morgan fingerprint density at radius 1 is 0.357 bits per heavy atom. The van der Waals surface area contributed by atoms with E-state index in [2.05, 4.69) is 48.6 Å². The molecule has 0 heteroatoms. The molecule has 0 aromatic heterocycles. The molecule has 0 aromatic rings. The molecule has 14 heavy (non-hydrogen) atoms. The van der Waals surface area contributed by atoms with E-state index in [0.29, 0.717) is 0 Å². The van der Waals surface area contributed by atoms with Gasteiger partial charge in [0.1, 0.15) is 0 Å². The molecule has 0 aliphatic heterocycles. The average Bonchev–Trinajstić information content (AvgIpc) is 2.20. The largest absolute Gasteiger partial charge is 0.0882 e. The fourth-order valence-corrected chi connectivity index (χ4v) is 1.40. The summed E-state index contributed by atoms with van der Waals surface area (Å²) in [6, 6.07) is 0. The molecule has 0 amide bonds. The highest BCUT2D eigenvalue weighted by Gasteiger charge is 1.81. The Kier molecular flexibility index (Phi) is 6.74. The molecule has 2 aliphatic carbocycles. The van der Waals surface area contributed by atoms with Gasteiger partial charge in [-0.2, -0.15) is 0 Å². The van der Waals surface area contributed by atoms with Crippen molar-refractivity contribution in [1.82, 2.24) is 0 Å². The Morgan fingerprint density at radius 3 is 0.857 bits per heavy atom. The average molecular weight is 188 g/mol. The quantitative estimate of drug-likeness (QED) is 0.489. The first-order valence-electron chi connectivity index (χ1n) is 5.60. The normalized spacial score (nSPS) is 21.7. The number of allylic oxidation sites excluding steroid dienone is 8. The highest BCUT2D eigenvalue weighted by Crippen LogP contribution is 2.02. The van der Waals surface area contributed by atoms with E-state index in [1.54, 1.807) is 0 Å². The molecular weight excluding hydrogens is 168 g/mol. The zero-order chi connectivity index (χ0) is 9.90. The third kappa shape index (κ3) is 6.47. The van der Waals surface area contributed by atoms with Crippen molar-refractivity contribution in [1.29, 1.82) is 0 Å². The lowest BCUT2D eigenvalue weighted by atomic mass is 10.1. The molecule has 0 saturated heterocycles. The van der Waals surface area contributed by atoms with Crippen LogP contribution >= 0.6 is 0 Å². The summed E-state index contributed by atoms with van der Waals surface area (Å²) in [6.45, 7) is 0. The van der Waals surface area contributed by atoms with Crippen LogP contribution in [0.4, 0.5) is 0 Å². The van der Waals surface area contributed by atoms with Gasteiger partial charge in [0.2, 0.25) is 0 Å². The van der Waals surface area contributed by atoms with Crippen LogP contribution in [0, 0.1) is 0 Å². The minimum Gasteiger partial charge on any atom is -0.0882 e. The summed E-state index contributed by atoms with van der Waals surface area (Å²) in [4.78, 5) is 0. The third-order valence-corrected chi connectivity index (χ3v) is 2.21. The Hall–Kier alpha value is -1.04. The number of hydrogen-bond acceptors (Lipinski definition) is 0. The second kappa shape index (κ2) is 8.55. The van der Waals surface area contributed by atoms with Gasteiger partial charge in [-0.3, -0.25) is 0 Å². The maximum absolute atomic E-state index is 2.27. The Bertz CT molecular complexity index is 182. The van der Waals surface area contributed by atoms with Crippen molar-refractivity contribution in [3.05, 3.63) is 48.6 Å². The van der Waals surface area contributed by atoms with Crippen LogP contribution in [0.15, 0.2) is 48.6 Å². The summed E-state index contributed by atoms with van der Waals surface area (Å²) in [6.07, 6.45) is 25.0. The van der Waals surface area contributed by atoms with Gasteiger partial charge in [0, 0.05) is 0 Å². The predicted molar refractivity (Wildman–Crippen MR) is 64.3 cm³/mol. The summed E-state index contributed by atoms with van der Waals surface area (Å²) in [5.41, 5.74) is 0. The van der Waals surface area contributed by atoms with Crippen LogP contribution in [0.2, 0.25) is 0 Å². The molecule has 0 radical (unpaired) electrons. The summed E-state index contributed by atoms with van der Waals surface area (Å²) in [5, 5.41) is 0. The minimum absolute atomic E-state index is 1.14. The van der Waals surface area contributed by atoms with Gasteiger partial charge in [-0.05, 0) is 38.5 Å². The zero-order valence-corrected chi connectivity index (χ0v) is 8.86. The summed E-state index contributed by atoms with van der Waals surface area (Å²) in [5.74, 6) is 0. The molecule has 0 atom stereocenters. The Labute approximate surface area is 87.7 Å². The van der Waals surface area contributed by atoms with E-state index in [4.69, 9.17) is 0 Å². The Morgan fingerprint density at radius 2 is 0.643 bits per heavy atom. The van der Waals surface area contributed by atoms with E-state index in [1.807, 2.05) is 0 Å². The standard InChI is InChI=1S/C8H12.C6H8/c1-2-4-6-8-7-5-3-1;1-2-4-6-5-3-1/h1-2,7-8H,3-6H2;1-2,5-6H,3-4H2/b2-1-,8-7?;. The molecule has 0 saturated carbocycles. The molecule has 0 nitrogen and oxygen atoms in total. The van der Waals surface area contributed by atoms with Gasteiger partial charge in [0.15, 0.2) is 0 Å². The van der Waals surface area contributed by atoms with Crippen molar-refractivity contribution in [2.45, 2.75) is 38.5 Å². The van der Waals surface area contributed by atoms with Crippen molar-refractivity contribution in [2.24, 2.45) is 0 Å². The molecule has 0 aromatic carbocycles. The van der Waals surface area contributed by atoms with Crippen molar-refractivity contribution < 1.29 is 0 Å². The molecule has 0 bridgehead atoms. The van der Waals surface area contributed by atoms with Crippen LogP contribution in [-0.4, -0.2) is 0 Å². The van der Waals surface area contributed by atoms with E-state index in [1.165, 1.54) is 25.7 Å². The van der Waals surface area contributed by atoms with Crippen molar-refractivity contribution >= 4 is 0 Å². The van der Waals surface area contributed by atoms with E-state index < -0.39 is 0 Å². The number of rotatable bonds is 0. The van der Waals surface area contributed by atoms with Crippen LogP contribution in [-0.2, 0) is 0 Å². The van der Waals surface area contributed by atoms with Crippen LogP contribution in [0.1, 0.15) is 38.5 Å². The van der Waals surface area contributed by atoms with Crippen LogP contribution < -0.4 is 0 Å². The van der Waals surface area contributed by atoms with Crippen molar-refractivity contribution in [2.75, 3.05) is 0 Å². The van der Waals surface area contributed by atoms with E-state index >= 15 is 0 Å². The molecular formula is C14H20. The molecule has 0 fully saturated rings. The summed E-state index contributed by atoms with van der Waals surface area (Å²) in [7, 11) is 0. The predicted octanol–water partition coefficient (Wildman–Crippen LogP) is 4.57. The molecule has 2 rings (SSSR count). The molecule has 0 heterocycles. The number of hydrogen-bond donors (Lipinski definition) is 0. The Balaban J connectivity index is 0.000000146. The first-order chi connectivity index (χ1) is 7.00. The maximum atomic E-state index is 2.27. The van der Waals surface area contributed by atoms with Gasteiger partial charge in [0.05, 0.1) is 0 Å². The molecule has 0 N–H and O–H groups in total. The summed E-state index contributed by atoms with van der Waals surface area (Å²) < 4.78 is 0. The van der Waals surface area contributed by atoms with Crippen LogP contribution in [0.25, 0.3) is 0 Å². The van der Waals surface area contributed by atoms with Crippen molar-refractivity contribution in [3.8, 4) is 0 Å². The first kappa shape index (κ1) is 11.0. The van der Waals surface area contributed by atoms with Crippen LogP contribution in [0.3, 0.4) is 0 Å². The van der Waals surface area contributed by atoms with Gasteiger partial charge in [-0.1, -0.05) is 48.6 Å². The monoisotopic (exact) mass is 188 g/mol. The molecule has 0 spiro atoms. The minimum atomic E-state index is 1.14. The first-order valence-corrected chi connectivity index (χ1v) is 5.60. The third-order valence-electron chi connectivity index (χ3n) is 2.21. The van der Waals surface area contributed by atoms with E-state index in [0.717, 1.165) is 12.8 Å². The van der Waals surface area contributed by atoms with Crippen molar-refractivity contribution in [3.63, 3.8) is 0 Å². The zero-order valence-electron chi connectivity index (χ0n) is 8.86. The fraction of sp³-hybridized carbons (Fsp3) is 0.429. The topological polar surface area (TPSA) is 0 Å². The van der Waals surface area contributed by atoms with E-state index in [-0.39, 0.29) is 0 Å². The van der Waals surface area contributed by atoms with Gasteiger partial charge < -0.3 is 0 Å². The second-order valence-corrected chi connectivity index (χ2v) is 3.51. The SMILES string of the molecule is C1=CCC/C=C\CC1.C1=CCC=CC1. The second-order valence-electron chi connectivity index (χ2n) is 3.51. The smallest absolute Gasteiger partial charge is 0.0169 e.